The van der Waals surface area contributed by atoms with E-state index in [0.29, 0.717) is 5.69 Å². The molecule has 0 saturated heterocycles. The standard InChI is InChI=1S/C24H27F2N3O4S2/c1-23(2,3)35(32,33)12-14-7-6-8-19(28-14)29-22-15(21(27)30)11-18(34-22)20-16(25)9-13(10-17(20)26)24(4,5)31/h6-11,31H,12H2,1-5H3,(H2,27,30)(H,28,29). The Morgan fingerprint density at radius 2 is 1.71 bits per heavy atom. The number of primary amides is 1. The third-order valence-corrected chi connectivity index (χ3v) is 8.92. The van der Waals surface area contributed by atoms with Crippen molar-refractivity contribution in [1.82, 2.24) is 4.98 Å². The highest BCUT2D eigenvalue weighted by atomic mass is 32.2. The second kappa shape index (κ2) is 9.29. The number of carbonyl (C=O) groups excluding carboxylic acids is 1. The highest BCUT2D eigenvalue weighted by molar-refractivity contribution is 7.91. The number of anilines is 2. The number of nitrogens with zero attached hydrogens (tertiary/aromatic N) is 1. The summed E-state index contributed by atoms with van der Waals surface area (Å²) < 4.78 is 53.8. The van der Waals surface area contributed by atoms with Crippen molar-refractivity contribution in [3.63, 3.8) is 0 Å². The Kier molecular flexibility index (Phi) is 7.09. The molecule has 0 atom stereocenters. The molecule has 0 aliphatic rings. The molecular formula is C24H27F2N3O4S2. The van der Waals surface area contributed by atoms with Gasteiger partial charge in [0, 0.05) is 4.88 Å². The molecule has 0 spiro atoms. The topological polar surface area (TPSA) is 122 Å². The molecule has 11 heteroatoms. The Balaban J connectivity index is 2.00. The van der Waals surface area contributed by atoms with Crippen LogP contribution in [-0.4, -0.2) is 29.2 Å². The van der Waals surface area contributed by atoms with Gasteiger partial charge in [-0.15, -0.1) is 11.3 Å². The van der Waals surface area contributed by atoms with Gasteiger partial charge in [-0.3, -0.25) is 4.79 Å². The molecule has 0 unspecified atom stereocenters. The lowest BCUT2D eigenvalue weighted by molar-refractivity contribution is 0.0778. The molecule has 4 N–H and O–H groups in total. The molecule has 0 aliphatic carbocycles. The number of benzene rings is 1. The van der Waals surface area contributed by atoms with Gasteiger partial charge in [0.05, 0.1) is 32.9 Å². The minimum Gasteiger partial charge on any atom is -0.386 e. The molecule has 0 bridgehead atoms. The summed E-state index contributed by atoms with van der Waals surface area (Å²) in [4.78, 5) is 16.5. The Bertz CT molecular complexity index is 1370. The molecule has 2 heterocycles. The fourth-order valence-electron chi connectivity index (χ4n) is 3.11. The van der Waals surface area contributed by atoms with Crippen molar-refractivity contribution in [2.24, 2.45) is 5.73 Å². The van der Waals surface area contributed by atoms with Crippen LogP contribution in [-0.2, 0) is 21.2 Å². The zero-order valence-corrected chi connectivity index (χ0v) is 21.6. The normalized spacial score (nSPS) is 12.6. The lowest BCUT2D eigenvalue weighted by Gasteiger charge is -2.19. The highest BCUT2D eigenvalue weighted by Crippen LogP contribution is 2.40. The largest absolute Gasteiger partial charge is 0.386 e. The number of thiophene rings is 1. The molecule has 1 amide bonds. The lowest BCUT2D eigenvalue weighted by Crippen LogP contribution is -2.29. The van der Waals surface area contributed by atoms with E-state index >= 15 is 0 Å². The van der Waals surface area contributed by atoms with Crippen LogP contribution in [0, 0.1) is 11.6 Å². The van der Waals surface area contributed by atoms with Crippen molar-refractivity contribution >= 4 is 37.9 Å². The van der Waals surface area contributed by atoms with E-state index in [1.807, 2.05) is 0 Å². The van der Waals surface area contributed by atoms with Crippen molar-refractivity contribution in [3.8, 4) is 10.4 Å². The summed E-state index contributed by atoms with van der Waals surface area (Å²) in [5, 5.41) is 13.2. The number of carbonyl (C=O) groups is 1. The Morgan fingerprint density at radius 1 is 1.11 bits per heavy atom. The van der Waals surface area contributed by atoms with E-state index < -0.39 is 37.7 Å². The molecule has 0 saturated carbocycles. The van der Waals surface area contributed by atoms with Gasteiger partial charge in [0.1, 0.15) is 22.5 Å². The fraction of sp³-hybridized carbons (Fsp3) is 0.333. The summed E-state index contributed by atoms with van der Waals surface area (Å²) in [6.07, 6.45) is 0. The number of nitrogens with one attached hydrogen (secondary N) is 1. The molecule has 7 nitrogen and oxygen atoms in total. The summed E-state index contributed by atoms with van der Waals surface area (Å²) >= 11 is 0.888. The lowest BCUT2D eigenvalue weighted by atomic mass is 9.96. The van der Waals surface area contributed by atoms with Gasteiger partial charge in [0.25, 0.3) is 5.91 Å². The predicted octanol–water partition coefficient (Wildman–Crippen LogP) is 4.87. The van der Waals surface area contributed by atoms with Crippen LogP contribution in [0.5, 0.6) is 0 Å². The number of hydrogen-bond acceptors (Lipinski definition) is 7. The number of sulfone groups is 1. The summed E-state index contributed by atoms with van der Waals surface area (Å²) in [7, 11) is -3.48. The van der Waals surface area contributed by atoms with Gasteiger partial charge < -0.3 is 16.2 Å². The van der Waals surface area contributed by atoms with E-state index in [1.165, 1.54) is 19.9 Å². The third-order valence-electron chi connectivity index (χ3n) is 5.31. The zero-order valence-electron chi connectivity index (χ0n) is 19.9. The van der Waals surface area contributed by atoms with Gasteiger partial charge in [-0.25, -0.2) is 22.2 Å². The first kappa shape index (κ1) is 26.7. The van der Waals surface area contributed by atoms with Gasteiger partial charge in [0.15, 0.2) is 9.84 Å². The molecule has 2 aromatic heterocycles. The predicted molar refractivity (Wildman–Crippen MR) is 133 cm³/mol. The van der Waals surface area contributed by atoms with Crippen LogP contribution in [0.15, 0.2) is 36.4 Å². The Morgan fingerprint density at radius 3 is 2.23 bits per heavy atom. The molecule has 0 fully saturated rings. The number of halogens is 2. The van der Waals surface area contributed by atoms with Crippen LogP contribution in [0.1, 0.15) is 56.2 Å². The molecule has 35 heavy (non-hydrogen) atoms. The van der Waals surface area contributed by atoms with Crippen molar-refractivity contribution in [1.29, 1.82) is 0 Å². The second-order valence-electron chi connectivity index (χ2n) is 9.60. The average molecular weight is 524 g/mol. The number of aliphatic hydroxyl groups is 1. The van der Waals surface area contributed by atoms with Crippen molar-refractivity contribution < 1.29 is 27.1 Å². The number of hydrogen-bond donors (Lipinski definition) is 3. The Labute approximate surface area is 206 Å². The molecule has 3 rings (SSSR count). The van der Waals surface area contributed by atoms with Crippen LogP contribution < -0.4 is 11.1 Å². The van der Waals surface area contributed by atoms with Crippen LogP contribution in [0.3, 0.4) is 0 Å². The van der Waals surface area contributed by atoms with Crippen LogP contribution in [0.2, 0.25) is 0 Å². The quantitative estimate of drug-likeness (QED) is 0.406. The summed E-state index contributed by atoms with van der Waals surface area (Å²) in [6, 6.07) is 8.09. The van der Waals surface area contributed by atoms with Gasteiger partial charge in [0.2, 0.25) is 0 Å². The number of aromatic nitrogens is 1. The minimum atomic E-state index is -3.48. The number of nitrogens with two attached hydrogens (primary N) is 1. The molecule has 1 aromatic carbocycles. The van der Waals surface area contributed by atoms with E-state index in [-0.39, 0.29) is 38.1 Å². The van der Waals surface area contributed by atoms with E-state index in [0.717, 1.165) is 23.5 Å². The maximum atomic E-state index is 14.9. The van der Waals surface area contributed by atoms with Crippen molar-refractivity contribution in [2.45, 2.75) is 50.7 Å². The maximum Gasteiger partial charge on any atom is 0.251 e. The smallest absolute Gasteiger partial charge is 0.251 e. The van der Waals surface area contributed by atoms with Gasteiger partial charge >= 0.3 is 0 Å². The van der Waals surface area contributed by atoms with Gasteiger partial charge in [-0.1, -0.05) is 6.07 Å². The first-order chi connectivity index (χ1) is 16.0. The average Bonchev–Trinajstić information content (AvgIpc) is 3.09. The monoisotopic (exact) mass is 523 g/mol. The third kappa shape index (κ3) is 5.85. The molecule has 0 radical (unpaired) electrons. The molecule has 188 valence electrons. The highest BCUT2D eigenvalue weighted by Gasteiger charge is 2.30. The van der Waals surface area contributed by atoms with Crippen molar-refractivity contribution in [2.75, 3.05) is 5.32 Å². The number of amides is 1. The van der Waals surface area contributed by atoms with Crippen LogP contribution in [0.4, 0.5) is 19.6 Å². The van der Waals surface area contributed by atoms with Gasteiger partial charge in [-0.05, 0) is 70.5 Å². The van der Waals surface area contributed by atoms with Crippen LogP contribution in [0.25, 0.3) is 10.4 Å². The zero-order chi connectivity index (χ0) is 26.3. The molecule has 0 aliphatic heterocycles. The second-order valence-corrected chi connectivity index (χ2v) is 13.4. The first-order valence-electron chi connectivity index (χ1n) is 10.6. The first-order valence-corrected chi connectivity index (χ1v) is 13.1. The minimum absolute atomic E-state index is 0.00937. The summed E-state index contributed by atoms with van der Waals surface area (Å²) in [6.45, 7) is 7.62. The molecular weight excluding hydrogens is 496 g/mol. The number of pyridine rings is 1. The molecule has 3 aromatic rings. The van der Waals surface area contributed by atoms with E-state index in [4.69, 9.17) is 5.73 Å². The SMILES string of the molecule is CC(C)(O)c1cc(F)c(-c2cc(C(N)=O)c(Nc3cccc(CS(=O)(=O)C(C)(C)C)n3)s2)c(F)c1. The van der Waals surface area contributed by atoms with Crippen molar-refractivity contribution in [3.05, 3.63) is 64.9 Å². The summed E-state index contributed by atoms with van der Waals surface area (Å²) in [5.74, 6) is -2.68. The number of rotatable bonds is 7. The van der Waals surface area contributed by atoms with E-state index in [1.54, 1.807) is 39.0 Å². The van der Waals surface area contributed by atoms with Crippen LogP contribution >= 0.6 is 11.3 Å². The fourth-order valence-corrected chi connectivity index (χ4v) is 5.21. The Hall–Kier alpha value is -2.89. The maximum absolute atomic E-state index is 14.9. The van der Waals surface area contributed by atoms with E-state index in [2.05, 4.69) is 10.3 Å². The van der Waals surface area contributed by atoms with E-state index in [9.17, 15) is 27.1 Å². The van der Waals surface area contributed by atoms with Gasteiger partial charge in [-0.2, -0.15) is 0 Å². The summed E-state index contributed by atoms with van der Waals surface area (Å²) in [5.41, 5.74) is 4.02.